The maximum Gasteiger partial charge on any atom is 0.371 e. The van der Waals surface area contributed by atoms with Crippen molar-refractivity contribution in [2.45, 2.75) is 6.54 Å². The van der Waals surface area contributed by atoms with Gasteiger partial charge in [0.15, 0.2) is 5.82 Å². The third kappa shape index (κ3) is 2.73. The zero-order valence-corrected chi connectivity index (χ0v) is 10.8. The number of rotatable bonds is 5. The van der Waals surface area contributed by atoms with Gasteiger partial charge in [-0.05, 0) is 24.3 Å². The van der Waals surface area contributed by atoms with Crippen LogP contribution in [0, 0.1) is 0 Å². The predicted molar refractivity (Wildman–Crippen MR) is 72.1 cm³/mol. The number of carboxylic acid groups (broad SMARTS) is 1. The normalized spacial score (nSPS) is 10.5. The first-order chi connectivity index (χ1) is 10.2. The molecule has 0 aliphatic heterocycles. The maximum atomic E-state index is 10.8. The molecule has 0 aliphatic rings. The first kappa shape index (κ1) is 12.9. The Morgan fingerprint density at radius 2 is 2.29 bits per heavy atom. The average molecular weight is 285 g/mol. The van der Waals surface area contributed by atoms with E-state index in [0.29, 0.717) is 18.1 Å². The lowest BCUT2D eigenvalue weighted by molar-refractivity contribution is 0.0660. The fraction of sp³-hybridized carbons (Fsp3) is 0.0769. The Bertz CT molecular complexity index is 751. The van der Waals surface area contributed by atoms with Gasteiger partial charge in [0, 0.05) is 6.20 Å². The van der Waals surface area contributed by atoms with Crippen LogP contribution in [0.3, 0.4) is 0 Å². The van der Waals surface area contributed by atoms with E-state index in [2.05, 4.69) is 20.4 Å². The molecule has 3 rings (SSSR count). The third-order valence-electron chi connectivity index (χ3n) is 2.75. The number of pyridine rings is 1. The molecular formula is C13H11N5O3. The Morgan fingerprint density at radius 1 is 1.38 bits per heavy atom. The number of hydrogen-bond acceptors (Lipinski definition) is 6. The molecule has 0 radical (unpaired) electrons. The molecule has 3 heterocycles. The van der Waals surface area contributed by atoms with Gasteiger partial charge in [-0.2, -0.15) is 5.10 Å². The van der Waals surface area contributed by atoms with E-state index < -0.39 is 5.97 Å². The number of carboxylic acids is 1. The van der Waals surface area contributed by atoms with Gasteiger partial charge in [0.05, 0.1) is 12.2 Å². The first-order valence-corrected chi connectivity index (χ1v) is 6.10. The molecule has 0 aromatic carbocycles. The van der Waals surface area contributed by atoms with Crippen molar-refractivity contribution in [3.8, 4) is 5.82 Å². The van der Waals surface area contributed by atoms with Crippen LogP contribution < -0.4 is 5.32 Å². The first-order valence-electron chi connectivity index (χ1n) is 6.10. The van der Waals surface area contributed by atoms with Crippen LogP contribution >= 0.6 is 0 Å². The van der Waals surface area contributed by atoms with Crippen molar-refractivity contribution in [2.75, 3.05) is 5.32 Å². The molecular weight excluding hydrogens is 274 g/mol. The van der Waals surface area contributed by atoms with Crippen LogP contribution in [0.1, 0.15) is 16.3 Å². The average Bonchev–Trinajstić information content (AvgIpc) is 3.17. The number of aromatic carboxylic acids is 1. The van der Waals surface area contributed by atoms with Gasteiger partial charge in [0.1, 0.15) is 18.4 Å². The summed E-state index contributed by atoms with van der Waals surface area (Å²) in [5, 5.41) is 16.0. The van der Waals surface area contributed by atoms with Gasteiger partial charge in [-0.3, -0.25) is 0 Å². The molecule has 0 amide bonds. The third-order valence-corrected chi connectivity index (χ3v) is 2.75. The predicted octanol–water partition coefficient (Wildman–Crippen LogP) is 1.57. The highest BCUT2D eigenvalue weighted by atomic mass is 16.4. The summed E-state index contributed by atoms with van der Waals surface area (Å²) in [6.45, 7) is 0.334. The lowest BCUT2D eigenvalue weighted by Crippen LogP contribution is -2.06. The standard InChI is InChI=1S/C13H11N5O3/c19-13(20)11-4-3-9(21-11)6-16-10-2-1-5-15-12(10)18-8-14-7-17-18/h1-5,7-8,16H,6H2,(H,19,20). The number of anilines is 1. The van der Waals surface area contributed by atoms with E-state index >= 15 is 0 Å². The summed E-state index contributed by atoms with van der Waals surface area (Å²) in [6, 6.07) is 6.65. The molecule has 0 aliphatic carbocycles. The van der Waals surface area contributed by atoms with E-state index in [1.54, 1.807) is 24.7 Å². The molecule has 0 saturated carbocycles. The van der Waals surface area contributed by atoms with Gasteiger partial charge in [0.25, 0.3) is 0 Å². The van der Waals surface area contributed by atoms with E-state index in [9.17, 15) is 4.79 Å². The van der Waals surface area contributed by atoms with Crippen molar-refractivity contribution in [3.05, 3.63) is 54.6 Å². The number of nitrogens with one attached hydrogen (secondary N) is 1. The Labute approximate surface area is 119 Å². The molecule has 0 unspecified atom stereocenters. The van der Waals surface area contributed by atoms with Crippen molar-refractivity contribution in [1.29, 1.82) is 0 Å². The molecule has 3 aromatic heterocycles. The van der Waals surface area contributed by atoms with E-state index in [0.717, 1.165) is 5.69 Å². The summed E-state index contributed by atoms with van der Waals surface area (Å²) in [7, 11) is 0. The summed E-state index contributed by atoms with van der Waals surface area (Å²) >= 11 is 0. The second kappa shape index (κ2) is 5.45. The van der Waals surface area contributed by atoms with Crippen molar-refractivity contribution >= 4 is 11.7 Å². The van der Waals surface area contributed by atoms with Gasteiger partial charge in [0.2, 0.25) is 5.76 Å². The Kier molecular flexibility index (Phi) is 3.34. The molecule has 21 heavy (non-hydrogen) atoms. The molecule has 106 valence electrons. The molecule has 3 aromatic rings. The van der Waals surface area contributed by atoms with E-state index in [1.807, 2.05) is 6.07 Å². The van der Waals surface area contributed by atoms with Gasteiger partial charge < -0.3 is 14.8 Å². The number of nitrogens with zero attached hydrogens (tertiary/aromatic N) is 4. The topological polar surface area (TPSA) is 106 Å². The largest absolute Gasteiger partial charge is 0.475 e. The second-order valence-corrected chi connectivity index (χ2v) is 4.14. The highest BCUT2D eigenvalue weighted by Crippen LogP contribution is 2.17. The van der Waals surface area contributed by atoms with Crippen LogP contribution in [-0.2, 0) is 6.54 Å². The number of hydrogen-bond donors (Lipinski definition) is 2. The minimum absolute atomic E-state index is 0.0884. The summed E-state index contributed by atoms with van der Waals surface area (Å²) < 4.78 is 6.72. The smallest absolute Gasteiger partial charge is 0.371 e. The molecule has 0 bridgehead atoms. The van der Waals surface area contributed by atoms with Gasteiger partial charge in [-0.1, -0.05) is 0 Å². The van der Waals surface area contributed by atoms with Crippen LogP contribution in [-0.4, -0.2) is 30.8 Å². The lowest BCUT2D eigenvalue weighted by atomic mass is 10.3. The summed E-state index contributed by atoms with van der Waals surface area (Å²) in [6.07, 6.45) is 4.62. The number of carbonyl (C=O) groups is 1. The monoisotopic (exact) mass is 285 g/mol. The minimum Gasteiger partial charge on any atom is -0.475 e. The van der Waals surface area contributed by atoms with Gasteiger partial charge in [-0.15, -0.1) is 0 Å². The van der Waals surface area contributed by atoms with Crippen molar-refractivity contribution in [2.24, 2.45) is 0 Å². The van der Waals surface area contributed by atoms with Crippen LogP contribution in [0.15, 0.2) is 47.5 Å². The quantitative estimate of drug-likeness (QED) is 0.732. The number of furan rings is 1. The van der Waals surface area contributed by atoms with E-state index in [-0.39, 0.29) is 5.76 Å². The SMILES string of the molecule is O=C(O)c1ccc(CNc2cccnc2-n2cncn2)o1. The lowest BCUT2D eigenvalue weighted by Gasteiger charge is -2.09. The molecule has 8 heteroatoms. The highest BCUT2D eigenvalue weighted by molar-refractivity contribution is 5.84. The van der Waals surface area contributed by atoms with E-state index in [1.165, 1.54) is 17.1 Å². The molecule has 8 nitrogen and oxygen atoms in total. The fourth-order valence-electron chi connectivity index (χ4n) is 1.81. The summed E-state index contributed by atoms with van der Waals surface area (Å²) in [5.41, 5.74) is 0.733. The van der Waals surface area contributed by atoms with Crippen LogP contribution in [0.5, 0.6) is 0 Å². The van der Waals surface area contributed by atoms with Gasteiger partial charge in [-0.25, -0.2) is 19.4 Å². The minimum atomic E-state index is -1.09. The van der Waals surface area contributed by atoms with Crippen molar-refractivity contribution < 1.29 is 14.3 Å². The highest BCUT2D eigenvalue weighted by Gasteiger charge is 2.10. The molecule has 0 saturated heterocycles. The van der Waals surface area contributed by atoms with Crippen LogP contribution in [0.25, 0.3) is 5.82 Å². The van der Waals surface area contributed by atoms with Crippen LogP contribution in [0.4, 0.5) is 5.69 Å². The van der Waals surface area contributed by atoms with E-state index in [4.69, 9.17) is 9.52 Å². The second-order valence-electron chi connectivity index (χ2n) is 4.14. The number of aromatic nitrogens is 4. The zero-order valence-electron chi connectivity index (χ0n) is 10.8. The Balaban J connectivity index is 1.77. The molecule has 0 atom stereocenters. The Morgan fingerprint density at radius 3 is 3.00 bits per heavy atom. The van der Waals surface area contributed by atoms with Crippen molar-refractivity contribution in [3.63, 3.8) is 0 Å². The Hall–Kier alpha value is -3.16. The van der Waals surface area contributed by atoms with Crippen LogP contribution in [0.2, 0.25) is 0 Å². The molecule has 0 spiro atoms. The van der Waals surface area contributed by atoms with Gasteiger partial charge >= 0.3 is 5.97 Å². The summed E-state index contributed by atoms with van der Waals surface area (Å²) in [5.74, 6) is -0.0683. The molecule has 2 N–H and O–H groups in total. The molecule has 0 fully saturated rings. The summed E-state index contributed by atoms with van der Waals surface area (Å²) in [4.78, 5) is 18.9. The van der Waals surface area contributed by atoms with Crippen molar-refractivity contribution in [1.82, 2.24) is 19.7 Å². The maximum absolute atomic E-state index is 10.8. The zero-order chi connectivity index (χ0) is 14.7. The fourth-order valence-corrected chi connectivity index (χ4v) is 1.81.